The van der Waals surface area contributed by atoms with Crippen LogP contribution in [0.2, 0.25) is 0 Å². The Labute approximate surface area is 161 Å². The van der Waals surface area contributed by atoms with Gasteiger partial charge in [0.15, 0.2) is 5.65 Å². The number of aromatic nitrogens is 4. The van der Waals surface area contributed by atoms with E-state index in [-0.39, 0.29) is 17.7 Å². The summed E-state index contributed by atoms with van der Waals surface area (Å²) in [5.41, 5.74) is -0.558. The highest BCUT2D eigenvalue weighted by atomic mass is 19.4. The quantitative estimate of drug-likeness (QED) is 0.654. The van der Waals surface area contributed by atoms with Crippen LogP contribution >= 0.6 is 0 Å². The summed E-state index contributed by atoms with van der Waals surface area (Å²) in [7, 11) is 1.68. The van der Waals surface area contributed by atoms with E-state index in [0.29, 0.717) is 17.6 Å². The minimum atomic E-state index is -4.44. The third kappa shape index (κ3) is 4.02. The Morgan fingerprint density at radius 2 is 1.79 bits per heavy atom. The van der Waals surface area contributed by atoms with Crippen molar-refractivity contribution in [2.75, 3.05) is 17.2 Å². The van der Waals surface area contributed by atoms with Crippen LogP contribution in [0.1, 0.15) is 32.3 Å². The van der Waals surface area contributed by atoms with Crippen molar-refractivity contribution in [3.05, 3.63) is 42.1 Å². The molecule has 2 heterocycles. The number of hydrogen-bond acceptors (Lipinski definition) is 5. The van der Waals surface area contributed by atoms with E-state index in [4.69, 9.17) is 0 Å². The zero-order chi connectivity index (χ0) is 20.5. The molecule has 0 saturated heterocycles. The molecule has 0 aliphatic carbocycles. The Morgan fingerprint density at radius 3 is 2.43 bits per heavy atom. The highest BCUT2D eigenvalue weighted by Crippen LogP contribution is 2.34. The van der Waals surface area contributed by atoms with E-state index in [1.807, 2.05) is 30.3 Å². The van der Waals surface area contributed by atoms with Gasteiger partial charge in [0.25, 0.3) is 0 Å². The maximum absolute atomic E-state index is 13.3. The number of alkyl halides is 3. The predicted molar refractivity (Wildman–Crippen MR) is 103 cm³/mol. The van der Waals surface area contributed by atoms with Crippen LogP contribution in [0.5, 0.6) is 0 Å². The summed E-state index contributed by atoms with van der Waals surface area (Å²) in [5, 5.41) is 10.2. The number of fused-ring (bicyclic) bond motifs is 1. The van der Waals surface area contributed by atoms with E-state index < -0.39 is 11.7 Å². The topological polar surface area (TPSA) is 67.7 Å². The number of aryl methyl sites for hydroxylation is 1. The van der Waals surface area contributed by atoms with E-state index in [2.05, 4.69) is 32.6 Å². The molecule has 0 fully saturated rings. The summed E-state index contributed by atoms with van der Waals surface area (Å²) in [6.07, 6.45) is -2.98. The van der Waals surface area contributed by atoms with Crippen molar-refractivity contribution in [1.29, 1.82) is 0 Å². The van der Waals surface area contributed by atoms with Crippen LogP contribution in [-0.2, 0) is 7.05 Å². The zero-order valence-corrected chi connectivity index (χ0v) is 16.2. The van der Waals surface area contributed by atoms with Crippen molar-refractivity contribution < 1.29 is 13.2 Å². The lowest BCUT2D eigenvalue weighted by molar-refractivity contribution is -0.168. The van der Waals surface area contributed by atoms with E-state index in [9.17, 15) is 13.2 Å². The Kier molecular flexibility index (Phi) is 5.18. The van der Waals surface area contributed by atoms with Crippen LogP contribution in [0.4, 0.5) is 24.9 Å². The first-order chi connectivity index (χ1) is 13.1. The fourth-order valence-electron chi connectivity index (χ4n) is 2.71. The van der Waals surface area contributed by atoms with Crippen LogP contribution in [0, 0.1) is 0 Å². The Balaban J connectivity index is 1.88. The number of rotatable bonds is 6. The van der Waals surface area contributed by atoms with Gasteiger partial charge < -0.3 is 10.6 Å². The van der Waals surface area contributed by atoms with Gasteiger partial charge in [-0.15, -0.1) is 0 Å². The van der Waals surface area contributed by atoms with E-state index in [1.54, 1.807) is 7.05 Å². The van der Waals surface area contributed by atoms with Crippen LogP contribution in [0.3, 0.4) is 0 Å². The molecule has 0 radical (unpaired) electrons. The molecule has 2 aromatic heterocycles. The largest absolute Gasteiger partial charge is 0.410 e. The van der Waals surface area contributed by atoms with Gasteiger partial charge in [-0.2, -0.15) is 28.2 Å². The SMILES string of the molecule is CC(CNc1nc(NC(C)(C)C(F)(F)F)c2cnn(C)c2n1)c1ccccc1. The number of nitrogens with zero attached hydrogens (tertiary/aromatic N) is 4. The molecule has 150 valence electrons. The van der Waals surface area contributed by atoms with Gasteiger partial charge in [-0.1, -0.05) is 37.3 Å². The molecule has 3 aromatic rings. The van der Waals surface area contributed by atoms with Crippen molar-refractivity contribution in [2.24, 2.45) is 7.05 Å². The molecule has 28 heavy (non-hydrogen) atoms. The van der Waals surface area contributed by atoms with Crippen molar-refractivity contribution in [2.45, 2.75) is 38.4 Å². The second-order valence-corrected chi connectivity index (χ2v) is 7.34. The fourth-order valence-corrected chi connectivity index (χ4v) is 2.71. The van der Waals surface area contributed by atoms with Crippen LogP contribution < -0.4 is 10.6 Å². The van der Waals surface area contributed by atoms with Gasteiger partial charge in [0.2, 0.25) is 5.95 Å². The second-order valence-electron chi connectivity index (χ2n) is 7.34. The summed E-state index contributed by atoms with van der Waals surface area (Å²) >= 11 is 0. The molecule has 0 amide bonds. The second kappa shape index (κ2) is 7.29. The fraction of sp³-hybridized carbons (Fsp3) is 0.421. The molecular weight excluding hydrogens is 369 g/mol. The zero-order valence-electron chi connectivity index (χ0n) is 16.2. The summed E-state index contributed by atoms with van der Waals surface area (Å²) in [6, 6.07) is 9.92. The van der Waals surface area contributed by atoms with Gasteiger partial charge >= 0.3 is 6.18 Å². The summed E-state index contributed by atoms with van der Waals surface area (Å²) in [4.78, 5) is 8.70. The number of halogens is 3. The van der Waals surface area contributed by atoms with Gasteiger partial charge in [-0.05, 0) is 25.3 Å². The molecule has 0 bridgehead atoms. The molecule has 0 saturated carbocycles. The highest BCUT2D eigenvalue weighted by molar-refractivity contribution is 5.87. The molecule has 2 N–H and O–H groups in total. The molecule has 0 aliphatic rings. The lowest BCUT2D eigenvalue weighted by Crippen LogP contribution is -2.46. The maximum Gasteiger partial charge on any atom is 0.410 e. The third-order valence-corrected chi connectivity index (χ3v) is 4.67. The molecule has 1 unspecified atom stereocenters. The van der Waals surface area contributed by atoms with Crippen LogP contribution in [-0.4, -0.2) is 38.0 Å². The summed E-state index contributed by atoms with van der Waals surface area (Å²) in [6.45, 7) is 4.73. The summed E-state index contributed by atoms with van der Waals surface area (Å²) in [5.74, 6) is 0.518. The van der Waals surface area contributed by atoms with Crippen LogP contribution in [0.15, 0.2) is 36.5 Å². The number of benzene rings is 1. The number of nitrogens with one attached hydrogen (secondary N) is 2. The van der Waals surface area contributed by atoms with Crippen molar-refractivity contribution in [3.63, 3.8) is 0 Å². The smallest absolute Gasteiger partial charge is 0.356 e. The van der Waals surface area contributed by atoms with Crippen molar-refractivity contribution in [1.82, 2.24) is 19.7 Å². The monoisotopic (exact) mass is 392 g/mol. The molecule has 1 aromatic carbocycles. The maximum atomic E-state index is 13.3. The van der Waals surface area contributed by atoms with E-state index in [0.717, 1.165) is 19.4 Å². The average molecular weight is 392 g/mol. The first-order valence-electron chi connectivity index (χ1n) is 8.92. The molecule has 3 rings (SSSR count). The average Bonchev–Trinajstić information content (AvgIpc) is 3.00. The molecular formula is C19H23F3N6. The van der Waals surface area contributed by atoms with Crippen molar-refractivity contribution >= 4 is 22.8 Å². The standard InChI is InChI=1S/C19H23F3N6/c1-12(13-8-6-5-7-9-13)10-23-17-25-15(27-18(2,3)19(20,21)22)14-11-24-28(4)16(14)26-17/h5-9,11-12H,10H2,1-4H3,(H2,23,25,26,27). The van der Waals surface area contributed by atoms with Gasteiger partial charge in [0, 0.05) is 13.6 Å². The first-order valence-corrected chi connectivity index (χ1v) is 8.92. The Morgan fingerprint density at radius 1 is 1.11 bits per heavy atom. The van der Waals surface area contributed by atoms with Crippen LogP contribution in [0.25, 0.3) is 11.0 Å². The minimum Gasteiger partial charge on any atom is -0.356 e. The molecule has 6 nitrogen and oxygen atoms in total. The minimum absolute atomic E-state index is 0.0929. The lowest BCUT2D eigenvalue weighted by Gasteiger charge is -2.29. The van der Waals surface area contributed by atoms with Gasteiger partial charge in [-0.25, -0.2) is 0 Å². The van der Waals surface area contributed by atoms with Gasteiger partial charge in [0.1, 0.15) is 11.4 Å². The van der Waals surface area contributed by atoms with Crippen molar-refractivity contribution in [3.8, 4) is 0 Å². The number of hydrogen-bond donors (Lipinski definition) is 2. The molecule has 0 spiro atoms. The lowest BCUT2D eigenvalue weighted by atomic mass is 10.0. The third-order valence-electron chi connectivity index (χ3n) is 4.67. The summed E-state index contributed by atoms with van der Waals surface area (Å²) < 4.78 is 41.5. The van der Waals surface area contributed by atoms with E-state index >= 15 is 0 Å². The van der Waals surface area contributed by atoms with Gasteiger partial charge in [-0.3, -0.25) is 4.68 Å². The first kappa shape index (κ1) is 19.9. The molecule has 9 heteroatoms. The predicted octanol–water partition coefficient (Wildman–Crippen LogP) is 4.33. The molecule has 1 atom stereocenters. The normalized spacial score (nSPS) is 13.5. The highest BCUT2D eigenvalue weighted by Gasteiger charge is 2.48. The van der Waals surface area contributed by atoms with E-state index in [1.165, 1.54) is 10.9 Å². The Bertz CT molecular complexity index is 949. The number of anilines is 2. The molecule has 0 aliphatic heterocycles. The van der Waals surface area contributed by atoms with Gasteiger partial charge in [0.05, 0.1) is 11.6 Å². The Hall–Kier alpha value is -2.84.